The lowest BCUT2D eigenvalue weighted by atomic mass is 10.0. The van der Waals surface area contributed by atoms with Gasteiger partial charge in [0.2, 0.25) is 0 Å². The lowest BCUT2D eigenvalue weighted by Gasteiger charge is -2.35. The highest BCUT2D eigenvalue weighted by Crippen LogP contribution is 2.13. The molecule has 0 aromatic rings. The second-order valence-corrected chi connectivity index (χ2v) is 7.88. The molecule has 1 unspecified atom stereocenters. The maximum absolute atomic E-state index is 4.86. The Morgan fingerprint density at radius 3 is 2.28 bits per heavy atom. The predicted molar refractivity (Wildman–Crippen MR) is 119 cm³/mol. The molecule has 2 aliphatic heterocycles. The van der Waals surface area contributed by atoms with Gasteiger partial charge in [0.1, 0.15) is 0 Å². The van der Waals surface area contributed by atoms with E-state index in [1.54, 1.807) is 0 Å². The highest BCUT2D eigenvalue weighted by Gasteiger charge is 2.21. The van der Waals surface area contributed by atoms with Crippen molar-refractivity contribution in [2.24, 2.45) is 10.9 Å². The van der Waals surface area contributed by atoms with Gasteiger partial charge in [-0.3, -0.25) is 4.99 Å². The summed E-state index contributed by atoms with van der Waals surface area (Å²) in [6, 6.07) is 1.23. The first-order valence-electron chi connectivity index (χ1n) is 10.1. The summed E-state index contributed by atoms with van der Waals surface area (Å²) >= 11 is 0. The molecule has 1 atom stereocenters. The maximum Gasteiger partial charge on any atom is 0.191 e. The van der Waals surface area contributed by atoms with Crippen molar-refractivity contribution in [2.75, 3.05) is 45.8 Å². The molecule has 0 radical (unpaired) electrons. The van der Waals surface area contributed by atoms with E-state index in [2.05, 4.69) is 48.1 Å². The number of halogens is 1. The number of likely N-dealkylation sites (tertiary alicyclic amines) is 2. The molecule has 2 heterocycles. The van der Waals surface area contributed by atoms with E-state index < -0.39 is 0 Å². The standard InChI is InChI=1S/C19H39N5.HI/c1-5-20-19(21-14-17(4)15-23-10-6-7-11-23)22-18-8-12-24(13-9-18)16(2)3;/h16-18H,5-15H2,1-4H3,(H2,20,21,22);1H. The Morgan fingerprint density at radius 2 is 1.72 bits per heavy atom. The fraction of sp³-hybridized carbons (Fsp3) is 0.947. The van der Waals surface area contributed by atoms with E-state index in [1.807, 2.05) is 0 Å². The number of rotatable bonds is 7. The summed E-state index contributed by atoms with van der Waals surface area (Å²) in [5, 5.41) is 7.09. The van der Waals surface area contributed by atoms with Crippen molar-refractivity contribution < 1.29 is 0 Å². The molecule has 0 saturated carbocycles. The summed E-state index contributed by atoms with van der Waals surface area (Å²) in [5.74, 6) is 1.63. The van der Waals surface area contributed by atoms with Gasteiger partial charge in [-0.05, 0) is 65.5 Å². The third kappa shape index (κ3) is 8.43. The number of hydrogen-bond acceptors (Lipinski definition) is 3. The molecule has 2 aliphatic rings. The Hall–Kier alpha value is -0.0800. The highest BCUT2D eigenvalue weighted by molar-refractivity contribution is 14.0. The van der Waals surface area contributed by atoms with Crippen molar-refractivity contribution in [3.8, 4) is 0 Å². The molecular formula is C19H40IN5. The fourth-order valence-corrected chi connectivity index (χ4v) is 3.78. The first-order valence-corrected chi connectivity index (χ1v) is 10.1. The van der Waals surface area contributed by atoms with E-state index in [-0.39, 0.29) is 24.0 Å². The molecule has 5 nitrogen and oxygen atoms in total. The molecule has 0 amide bonds. The molecule has 0 aromatic heterocycles. The van der Waals surface area contributed by atoms with Crippen LogP contribution in [0.1, 0.15) is 53.4 Å². The SMILES string of the molecule is CCNC(=NCC(C)CN1CCCC1)NC1CCN(C(C)C)CC1.I. The van der Waals surface area contributed by atoms with Crippen LogP contribution in [0.25, 0.3) is 0 Å². The average Bonchev–Trinajstić information content (AvgIpc) is 3.06. The molecule has 6 heteroatoms. The molecular weight excluding hydrogens is 425 g/mol. The van der Waals surface area contributed by atoms with Crippen LogP contribution in [-0.4, -0.2) is 73.7 Å². The molecule has 2 saturated heterocycles. The number of hydrogen-bond donors (Lipinski definition) is 2. The minimum absolute atomic E-state index is 0. The molecule has 2 fully saturated rings. The third-order valence-electron chi connectivity index (χ3n) is 5.27. The normalized spacial score (nSPS) is 22.0. The molecule has 0 bridgehead atoms. The molecule has 0 spiro atoms. The largest absolute Gasteiger partial charge is 0.357 e. The Kier molecular flexibility index (Phi) is 11.3. The molecule has 2 rings (SSSR count). The van der Waals surface area contributed by atoms with Crippen molar-refractivity contribution in [2.45, 2.75) is 65.5 Å². The lowest BCUT2D eigenvalue weighted by molar-refractivity contribution is 0.167. The summed E-state index contributed by atoms with van der Waals surface area (Å²) in [6.07, 6.45) is 5.17. The van der Waals surface area contributed by atoms with Gasteiger partial charge in [-0.2, -0.15) is 0 Å². The smallest absolute Gasteiger partial charge is 0.191 e. The van der Waals surface area contributed by atoms with Gasteiger partial charge in [0.05, 0.1) is 0 Å². The molecule has 0 aliphatic carbocycles. The monoisotopic (exact) mass is 465 g/mol. The van der Waals surface area contributed by atoms with Gasteiger partial charge in [0, 0.05) is 44.8 Å². The van der Waals surface area contributed by atoms with E-state index >= 15 is 0 Å². The Balaban J connectivity index is 0.00000312. The number of piperidine rings is 1. The van der Waals surface area contributed by atoms with Gasteiger partial charge in [-0.25, -0.2) is 0 Å². The van der Waals surface area contributed by atoms with Gasteiger partial charge >= 0.3 is 0 Å². The van der Waals surface area contributed by atoms with E-state index in [4.69, 9.17) is 4.99 Å². The lowest BCUT2D eigenvalue weighted by Crippen LogP contribution is -2.50. The Bertz CT molecular complexity index is 374. The summed E-state index contributed by atoms with van der Waals surface area (Å²) < 4.78 is 0. The number of guanidine groups is 1. The van der Waals surface area contributed by atoms with Crippen LogP contribution in [0, 0.1) is 5.92 Å². The highest BCUT2D eigenvalue weighted by atomic mass is 127. The zero-order valence-corrected chi connectivity index (χ0v) is 19.1. The van der Waals surface area contributed by atoms with Crippen LogP contribution in [0.5, 0.6) is 0 Å². The number of nitrogens with zero attached hydrogens (tertiary/aromatic N) is 3. The minimum atomic E-state index is 0. The first-order chi connectivity index (χ1) is 11.6. The second kappa shape index (κ2) is 12.3. The fourth-order valence-electron chi connectivity index (χ4n) is 3.78. The molecule has 25 heavy (non-hydrogen) atoms. The summed E-state index contributed by atoms with van der Waals surface area (Å²) in [6.45, 7) is 17.0. The van der Waals surface area contributed by atoms with Crippen LogP contribution < -0.4 is 10.6 Å². The van der Waals surface area contributed by atoms with Crippen LogP contribution in [0.15, 0.2) is 4.99 Å². The second-order valence-electron chi connectivity index (χ2n) is 7.88. The van der Waals surface area contributed by atoms with Crippen molar-refractivity contribution in [3.05, 3.63) is 0 Å². The predicted octanol–water partition coefficient (Wildman–Crippen LogP) is 2.76. The summed E-state index contributed by atoms with van der Waals surface area (Å²) in [5.41, 5.74) is 0. The van der Waals surface area contributed by atoms with Gasteiger partial charge in [-0.1, -0.05) is 6.92 Å². The molecule has 0 aromatic carbocycles. The maximum atomic E-state index is 4.86. The first kappa shape index (κ1) is 23.0. The van der Waals surface area contributed by atoms with E-state index in [0.29, 0.717) is 18.0 Å². The van der Waals surface area contributed by atoms with E-state index in [9.17, 15) is 0 Å². The number of aliphatic imine (C=N–C) groups is 1. The van der Waals surface area contributed by atoms with Gasteiger partial charge < -0.3 is 20.4 Å². The van der Waals surface area contributed by atoms with Crippen molar-refractivity contribution in [1.29, 1.82) is 0 Å². The van der Waals surface area contributed by atoms with Crippen molar-refractivity contribution in [3.63, 3.8) is 0 Å². The Labute approximate surface area is 172 Å². The molecule has 148 valence electrons. The topological polar surface area (TPSA) is 42.9 Å². The van der Waals surface area contributed by atoms with Crippen molar-refractivity contribution >= 4 is 29.9 Å². The zero-order valence-electron chi connectivity index (χ0n) is 16.8. The molecule has 2 N–H and O–H groups in total. The van der Waals surface area contributed by atoms with Crippen LogP contribution in [0.2, 0.25) is 0 Å². The average molecular weight is 465 g/mol. The summed E-state index contributed by atoms with van der Waals surface area (Å²) in [7, 11) is 0. The minimum Gasteiger partial charge on any atom is -0.357 e. The van der Waals surface area contributed by atoms with Gasteiger partial charge in [0.15, 0.2) is 5.96 Å². The zero-order chi connectivity index (χ0) is 17.4. The Morgan fingerprint density at radius 1 is 1.08 bits per heavy atom. The van der Waals surface area contributed by atoms with E-state index in [0.717, 1.165) is 19.0 Å². The quantitative estimate of drug-likeness (QED) is 0.345. The van der Waals surface area contributed by atoms with Crippen LogP contribution in [0.4, 0.5) is 0 Å². The third-order valence-corrected chi connectivity index (χ3v) is 5.27. The van der Waals surface area contributed by atoms with Crippen LogP contribution in [-0.2, 0) is 0 Å². The van der Waals surface area contributed by atoms with Crippen LogP contribution >= 0.6 is 24.0 Å². The van der Waals surface area contributed by atoms with Crippen LogP contribution in [0.3, 0.4) is 0 Å². The van der Waals surface area contributed by atoms with E-state index in [1.165, 1.54) is 58.4 Å². The van der Waals surface area contributed by atoms with Gasteiger partial charge in [0.25, 0.3) is 0 Å². The van der Waals surface area contributed by atoms with Gasteiger partial charge in [-0.15, -0.1) is 24.0 Å². The summed E-state index contributed by atoms with van der Waals surface area (Å²) in [4.78, 5) is 10.0. The van der Waals surface area contributed by atoms with Crippen molar-refractivity contribution in [1.82, 2.24) is 20.4 Å². The number of nitrogens with one attached hydrogen (secondary N) is 2.